The normalized spacial score (nSPS) is 16.1. The molecule has 0 unspecified atom stereocenters. The highest BCUT2D eigenvalue weighted by molar-refractivity contribution is 5.76. The van der Waals surface area contributed by atoms with Gasteiger partial charge in [0.2, 0.25) is 5.89 Å². The molecule has 0 saturated heterocycles. The SMILES string of the molecule is Nc1ccc2nc(CN(CCO)C3CCC3)oc2c1. The van der Waals surface area contributed by atoms with Crippen molar-refractivity contribution in [1.82, 2.24) is 9.88 Å². The van der Waals surface area contributed by atoms with E-state index in [0.717, 1.165) is 11.1 Å². The molecule has 1 fully saturated rings. The lowest BCUT2D eigenvalue weighted by Crippen LogP contribution is -2.41. The molecule has 5 heteroatoms. The lowest BCUT2D eigenvalue weighted by molar-refractivity contribution is 0.0867. The van der Waals surface area contributed by atoms with E-state index in [4.69, 9.17) is 15.3 Å². The lowest BCUT2D eigenvalue weighted by Gasteiger charge is -2.36. The van der Waals surface area contributed by atoms with Crippen LogP contribution in [-0.4, -0.2) is 34.2 Å². The number of nitrogen functional groups attached to an aromatic ring is 1. The van der Waals surface area contributed by atoms with Crippen LogP contribution in [-0.2, 0) is 6.54 Å². The summed E-state index contributed by atoms with van der Waals surface area (Å²) in [6, 6.07) is 6.06. The second-order valence-electron chi connectivity index (χ2n) is 5.11. The highest BCUT2D eigenvalue weighted by Gasteiger charge is 2.25. The molecule has 0 spiro atoms. The number of hydrogen-bond acceptors (Lipinski definition) is 5. The van der Waals surface area contributed by atoms with Gasteiger partial charge in [0.25, 0.3) is 0 Å². The Labute approximate surface area is 112 Å². The second-order valence-corrected chi connectivity index (χ2v) is 5.11. The van der Waals surface area contributed by atoms with Crippen molar-refractivity contribution in [3.8, 4) is 0 Å². The predicted octanol–water partition coefficient (Wildman–Crippen LogP) is 1.76. The van der Waals surface area contributed by atoms with Gasteiger partial charge in [-0.1, -0.05) is 6.42 Å². The highest BCUT2D eigenvalue weighted by Crippen LogP contribution is 2.27. The first-order valence-electron chi connectivity index (χ1n) is 6.76. The average molecular weight is 261 g/mol. The van der Waals surface area contributed by atoms with Gasteiger partial charge in [0, 0.05) is 24.3 Å². The summed E-state index contributed by atoms with van der Waals surface area (Å²) in [5.41, 5.74) is 7.98. The minimum absolute atomic E-state index is 0.170. The van der Waals surface area contributed by atoms with E-state index in [0.29, 0.717) is 30.7 Å². The molecule has 1 aromatic carbocycles. The van der Waals surface area contributed by atoms with Crippen molar-refractivity contribution in [3.63, 3.8) is 0 Å². The smallest absolute Gasteiger partial charge is 0.209 e. The van der Waals surface area contributed by atoms with E-state index >= 15 is 0 Å². The van der Waals surface area contributed by atoms with Crippen LogP contribution in [0.4, 0.5) is 5.69 Å². The molecule has 3 N–H and O–H groups in total. The summed E-state index contributed by atoms with van der Waals surface area (Å²) >= 11 is 0. The zero-order chi connectivity index (χ0) is 13.2. The number of oxazole rings is 1. The van der Waals surface area contributed by atoms with Gasteiger partial charge in [-0.25, -0.2) is 4.98 Å². The molecule has 0 aliphatic heterocycles. The van der Waals surface area contributed by atoms with Crippen molar-refractivity contribution in [2.45, 2.75) is 31.8 Å². The van der Waals surface area contributed by atoms with Crippen molar-refractivity contribution >= 4 is 16.8 Å². The Morgan fingerprint density at radius 3 is 2.95 bits per heavy atom. The Morgan fingerprint density at radius 2 is 2.26 bits per heavy atom. The van der Waals surface area contributed by atoms with E-state index in [1.165, 1.54) is 19.3 Å². The number of rotatable bonds is 5. The first-order chi connectivity index (χ1) is 9.26. The first-order valence-corrected chi connectivity index (χ1v) is 6.76. The fourth-order valence-electron chi connectivity index (χ4n) is 2.50. The van der Waals surface area contributed by atoms with Crippen LogP contribution in [0, 0.1) is 0 Å². The van der Waals surface area contributed by atoms with Crippen LogP contribution in [0.25, 0.3) is 11.1 Å². The lowest BCUT2D eigenvalue weighted by atomic mass is 9.91. The maximum Gasteiger partial charge on any atom is 0.209 e. The molecule has 0 bridgehead atoms. The molecule has 102 valence electrons. The Bertz CT molecular complexity index is 563. The van der Waals surface area contributed by atoms with Gasteiger partial charge < -0.3 is 15.3 Å². The Hall–Kier alpha value is -1.59. The van der Waals surface area contributed by atoms with E-state index in [1.807, 2.05) is 12.1 Å². The van der Waals surface area contributed by atoms with Crippen LogP contribution in [0.1, 0.15) is 25.2 Å². The number of aliphatic hydroxyl groups is 1. The molecule has 1 heterocycles. The Kier molecular flexibility index (Phi) is 3.40. The molecule has 1 aromatic heterocycles. The number of aromatic nitrogens is 1. The van der Waals surface area contributed by atoms with Crippen LogP contribution in [0.3, 0.4) is 0 Å². The van der Waals surface area contributed by atoms with Gasteiger partial charge in [0.1, 0.15) is 5.52 Å². The van der Waals surface area contributed by atoms with E-state index in [1.54, 1.807) is 6.07 Å². The number of aliphatic hydroxyl groups excluding tert-OH is 1. The third-order valence-corrected chi connectivity index (χ3v) is 3.77. The van der Waals surface area contributed by atoms with E-state index in [-0.39, 0.29) is 6.61 Å². The van der Waals surface area contributed by atoms with Gasteiger partial charge in [-0.15, -0.1) is 0 Å². The molecule has 19 heavy (non-hydrogen) atoms. The summed E-state index contributed by atoms with van der Waals surface area (Å²) in [5.74, 6) is 0.695. The number of anilines is 1. The maximum absolute atomic E-state index is 9.15. The van der Waals surface area contributed by atoms with Crippen molar-refractivity contribution < 1.29 is 9.52 Å². The zero-order valence-electron chi connectivity index (χ0n) is 10.9. The molecule has 2 aromatic rings. The molecule has 0 atom stereocenters. The van der Waals surface area contributed by atoms with Crippen LogP contribution in [0.2, 0.25) is 0 Å². The summed E-state index contributed by atoms with van der Waals surface area (Å²) in [4.78, 5) is 6.72. The predicted molar refractivity (Wildman–Crippen MR) is 73.6 cm³/mol. The van der Waals surface area contributed by atoms with Crippen LogP contribution in [0.5, 0.6) is 0 Å². The summed E-state index contributed by atoms with van der Waals surface area (Å²) in [5, 5.41) is 9.15. The van der Waals surface area contributed by atoms with Gasteiger partial charge in [-0.3, -0.25) is 4.90 Å². The molecule has 1 saturated carbocycles. The first kappa shape index (κ1) is 12.4. The topological polar surface area (TPSA) is 75.5 Å². The van der Waals surface area contributed by atoms with Gasteiger partial charge >= 0.3 is 0 Å². The summed E-state index contributed by atoms with van der Waals surface area (Å²) in [6.07, 6.45) is 3.68. The molecular formula is C14H19N3O2. The van der Waals surface area contributed by atoms with E-state index < -0.39 is 0 Å². The van der Waals surface area contributed by atoms with Crippen LogP contribution >= 0.6 is 0 Å². The third-order valence-electron chi connectivity index (χ3n) is 3.77. The minimum atomic E-state index is 0.170. The maximum atomic E-state index is 9.15. The second kappa shape index (κ2) is 5.19. The summed E-state index contributed by atoms with van der Waals surface area (Å²) < 4.78 is 5.73. The van der Waals surface area contributed by atoms with Crippen LogP contribution < -0.4 is 5.73 Å². The number of nitrogens with two attached hydrogens (primary N) is 1. The minimum Gasteiger partial charge on any atom is -0.439 e. The molecular weight excluding hydrogens is 242 g/mol. The van der Waals surface area contributed by atoms with Gasteiger partial charge in [-0.2, -0.15) is 0 Å². The summed E-state index contributed by atoms with van der Waals surface area (Å²) in [7, 11) is 0. The Balaban J connectivity index is 1.78. The van der Waals surface area contributed by atoms with Crippen LogP contribution in [0.15, 0.2) is 22.6 Å². The van der Waals surface area contributed by atoms with Gasteiger partial charge in [-0.05, 0) is 25.0 Å². The third kappa shape index (κ3) is 2.57. The largest absolute Gasteiger partial charge is 0.439 e. The van der Waals surface area contributed by atoms with Gasteiger partial charge in [0.05, 0.1) is 13.2 Å². The molecule has 0 amide bonds. The molecule has 0 radical (unpaired) electrons. The molecule has 3 rings (SSSR count). The van der Waals surface area contributed by atoms with E-state index in [9.17, 15) is 0 Å². The highest BCUT2D eigenvalue weighted by atomic mass is 16.3. The number of benzene rings is 1. The molecule has 1 aliphatic carbocycles. The molecule has 1 aliphatic rings. The number of hydrogen-bond donors (Lipinski definition) is 2. The average Bonchev–Trinajstić information content (AvgIpc) is 2.68. The Morgan fingerprint density at radius 1 is 1.42 bits per heavy atom. The molecule has 5 nitrogen and oxygen atoms in total. The van der Waals surface area contributed by atoms with E-state index in [2.05, 4.69) is 9.88 Å². The van der Waals surface area contributed by atoms with Crippen molar-refractivity contribution in [2.24, 2.45) is 0 Å². The monoisotopic (exact) mass is 261 g/mol. The van der Waals surface area contributed by atoms with Gasteiger partial charge in [0.15, 0.2) is 5.58 Å². The quantitative estimate of drug-likeness (QED) is 0.802. The fourth-order valence-corrected chi connectivity index (χ4v) is 2.50. The zero-order valence-corrected chi connectivity index (χ0v) is 10.9. The fraction of sp³-hybridized carbons (Fsp3) is 0.500. The van der Waals surface area contributed by atoms with Crippen molar-refractivity contribution in [2.75, 3.05) is 18.9 Å². The van der Waals surface area contributed by atoms with Crippen molar-refractivity contribution in [3.05, 3.63) is 24.1 Å². The standard InChI is InChI=1S/C14H19N3O2/c15-10-4-5-12-13(8-10)19-14(16-12)9-17(6-7-18)11-2-1-3-11/h4-5,8,11,18H,1-3,6-7,9,15H2. The number of fused-ring (bicyclic) bond motifs is 1. The van der Waals surface area contributed by atoms with Crippen molar-refractivity contribution in [1.29, 1.82) is 0 Å². The summed E-state index contributed by atoms with van der Waals surface area (Å²) in [6.45, 7) is 1.50. The number of nitrogens with zero attached hydrogens (tertiary/aromatic N) is 2.